The number of carbonyl (C=O) groups is 1. The number of hydrogen-bond acceptors (Lipinski definition) is 6. The molecule has 1 N–H and O–H groups in total. The molecule has 0 radical (unpaired) electrons. The van der Waals surface area contributed by atoms with E-state index in [1.807, 2.05) is 6.92 Å². The molecule has 1 amide bonds. The molecule has 3 heterocycles. The topological polar surface area (TPSA) is 104 Å². The molecule has 0 aliphatic rings. The highest BCUT2D eigenvalue weighted by Crippen LogP contribution is 2.14. The van der Waals surface area contributed by atoms with Gasteiger partial charge in [0.15, 0.2) is 5.65 Å². The first-order chi connectivity index (χ1) is 15.6. The van der Waals surface area contributed by atoms with Crippen LogP contribution in [0.25, 0.3) is 11.0 Å². The van der Waals surface area contributed by atoms with Crippen LogP contribution in [0.15, 0.2) is 59.9 Å². The number of carbonyl (C=O) groups excluding carboxylic acids is 1. The molecule has 0 aliphatic carbocycles. The number of benzene rings is 1. The quantitative estimate of drug-likeness (QED) is 0.453. The van der Waals surface area contributed by atoms with Crippen molar-refractivity contribution in [1.29, 1.82) is 0 Å². The summed E-state index contributed by atoms with van der Waals surface area (Å²) < 4.78 is 21.5. The Morgan fingerprint density at radius 3 is 2.78 bits per heavy atom. The molecular weight excluding hydrogens is 415 g/mol. The minimum absolute atomic E-state index is 0.244. The van der Waals surface area contributed by atoms with Gasteiger partial charge in [-0.25, -0.2) is 19.0 Å². The van der Waals surface area contributed by atoms with Crippen LogP contribution < -0.4 is 15.6 Å². The van der Waals surface area contributed by atoms with Gasteiger partial charge in [0.25, 0.3) is 11.5 Å². The molecule has 0 saturated heterocycles. The van der Waals surface area contributed by atoms with Crippen molar-refractivity contribution in [3.8, 4) is 5.88 Å². The Hall–Kier alpha value is -4.08. The predicted octanol–water partition coefficient (Wildman–Crippen LogP) is 2.00. The molecule has 0 unspecified atom stereocenters. The lowest BCUT2D eigenvalue weighted by Crippen LogP contribution is -2.28. The molecule has 0 aliphatic heterocycles. The Labute approximate surface area is 182 Å². The van der Waals surface area contributed by atoms with Crippen molar-refractivity contribution in [2.24, 2.45) is 0 Å². The molecule has 0 atom stereocenters. The molecule has 4 rings (SSSR count). The minimum atomic E-state index is -0.333. The molecule has 4 aromatic rings. The molecule has 0 fully saturated rings. The van der Waals surface area contributed by atoms with E-state index in [-0.39, 0.29) is 36.3 Å². The highest BCUT2D eigenvalue weighted by molar-refractivity contribution is 5.96. The summed E-state index contributed by atoms with van der Waals surface area (Å²) in [6.07, 6.45) is 4.46. The second-order valence-electron chi connectivity index (χ2n) is 6.95. The number of halogens is 1. The van der Waals surface area contributed by atoms with E-state index >= 15 is 0 Å². The van der Waals surface area contributed by atoms with Crippen LogP contribution in [0.4, 0.5) is 4.39 Å². The van der Waals surface area contributed by atoms with Gasteiger partial charge >= 0.3 is 0 Å². The Balaban J connectivity index is 1.44. The average Bonchev–Trinajstić information content (AvgIpc) is 3.21. The van der Waals surface area contributed by atoms with Crippen molar-refractivity contribution >= 4 is 16.9 Å². The zero-order chi connectivity index (χ0) is 22.5. The van der Waals surface area contributed by atoms with Crippen LogP contribution in [0, 0.1) is 5.82 Å². The molecule has 164 valence electrons. The third-order valence-corrected chi connectivity index (χ3v) is 4.79. The fourth-order valence-electron chi connectivity index (χ4n) is 3.25. The molecule has 0 bridgehead atoms. The van der Waals surface area contributed by atoms with Crippen LogP contribution in [0.3, 0.4) is 0 Å². The van der Waals surface area contributed by atoms with Gasteiger partial charge in [-0.3, -0.25) is 14.2 Å². The van der Waals surface area contributed by atoms with Gasteiger partial charge in [-0.2, -0.15) is 5.10 Å². The maximum atomic E-state index is 13.1. The molecule has 10 heteroatoms. The second-order valence-corrected chi connectivity index (χ2v) is 6.95. The largest absolute Gasteiger partial charge is 0.477 e. The number of nitrogens with one attached hydrogen (secondary N) is 1. The van der Waals surface area contributed by atoms with E-state index in [9.17, 15) is 14.0 Å². The van der Waals surface area contributed by atoms with Gasteiger partial charge in [-0.05, 0) is 36.8 Å². The van der Waals surface area contributed by atoms with E-state index < -0.39 is 0 Å². The van der Waals surface area contributed by atoms with Crippen LogP contribution in [-0.2, 0) is 13.1 Å². The summed E-state index contributed by atoms with van der Waals surface area (Å²) in [6.45, 7) is 3.10. The van der Waals surface area contributed by atoms with Crippen molar-refractivity contribution in [3.63, 3.8) is 0 Å². The van der Waals surface area contributed by atoms with E-state index in [0.29, 0.717) is 29.7 Å². The van der Waals surface area contributed by atoms with Crippen LogP contribution in [0.1, 0.15) is 22.8 Å². The Bertz CT molecular complexity index is 1300. The van der Waals surface area contributed by atoms with Gasteiger partial charge in [0.1, 0.15) is 23.1 Å². The molecular formula is C22H21FN6O3. The lowest BCUT2D eigenvalue weighted by molar-refractivity contribution is 0.0947. The minimum Gasteiger partial charge on any atom is -0.477 e. The van der Waals surface area contributed by atoms with Crippen LogP contribution in [0.2, 0.25) is 0 Å². The molecule has 3 aromatic heterocycles. The number of fused-ring (bicyclic) bond motifs is 1. The van der Waals surface area contributed by atoms with Crippen LogP contribution in [0.5, 0.6) is 5.88 Å². The van der Waals surface area contributed by atoms with E-state index in [1.54, 1.807) is 35.1 Å². The maximum absolute atomic E-state index is 13.1. The van der Waals surface area contributed by atoms with Gasteiger partial charge in [0.05, 0.1) is 25.9 Å². The van der Waals surface area contributed by atoms with E-state index in [0.717, 1.165) is 5.56 Å². The van der Waals surface area contributed by atoms with Gasteiger partial charge < -0.3 is 10.1 Å². The molecule has 9 nitrogen and oxygen atoms in total. The highest BCUT2D eigenvalue weighted by Gasteiger charge is 2.14. The van der Waals surface area contributed by atoms with E-state index in [1.165, 1.54) is 29.2 Å². The standard InChI is InChI=1S/C22H21FN6O3/c1-2-32-21-17(4-3-9-25-21)20(30)24-10-11-29-19-18(12-27-29)22(31)28(14-26-19)13-15-5-7-16(23)8-6-15/h3-9,12,14H,2,10-11,13H2,1H3,(H,24,30). The van der Waals surface area contributed by atoms with E-state index in [2.05, 4.69) is 20.4 Å². The maximum Gasteiger partial charge on any atom is 0.264 e. The summed E-state index contributed by atoms with van der Waals surface area (Å²) in [7, 11) is 0. The fourth-order valence-corrected chi connectivity index (χ4v) is 3.25. The fraction of sp³-hybridized carbons (Fsp3) is 0.227. The molecule has 0 saturated carbocycles. The van der Waals surface area contributed by atoms with Crippen LogP contribution in [-0.4, -0.2) is 43.4 Å². The first-order valence-corrected chi connectivity index (χ1v) is 10.1. The van der Waals surface area contributed by atoms with Gasteiger partial charge in [-0.1, -0.05) is 12.1 Å². The predicted molar refractivity (Wildman–Crippen MR) is 115 cm³/mol. The molecule has 0 spiro atoms. The second kappa shape index (κ2) is 9.38. The number of ether oxygens (including phenoxy) is 1. The number of pyridine rings is 1. The summed E-state index contributed by atoms with van der Waals surface area (Å²) in [6, 6.07) is 9.25. The SMILES string of the molecule is CCOc1ncccc1C(=O)NCCn1ncc2c(=O)n(Cc3ccc(F)cc3)cnc21. The lowest BCUT2D eigenvalue weighted by atomic mass is 10.2. The number of hydrogen-bond donors (Lipinski definition) is 1. The Kier molecular flexibility index (Phi) is 6.20. The molecule has 1 aromatic carbocycles. The van der Waals surface area contributed by atoms with Gasteiger partial charge in [-0.15, -0.1) is 0 Å². The zero-order valence-corrected chi connectivity index (χ0v) is 17.4. The first-order valence-electron chi connectivity index (χ1n) is 10.1. The average molecular weight is 436 g/mol. The van der Waals surface area contributed by atoms with Gasteiger partial charge in [0, 0.05) is 12.7 Å². The van der Waals surface area contributed by atoms with Gasteiger partial charge in [0.2, 0.25) is 5.88 Å². The highest BCUT2D eigenvalue weighted by atomic mass is 19.1. The smallest absolute Gasteiger partial charge is 0.264 e. The number of amides is 1. The number of nitrogens with zero attached hydrogens (tertiary/aromatic N) is 5. The molecule has 32 heavy (non-hydrogen) atoms. The van der Waals surface area contributed by atoms with Crippen LogP contribution >= 0.6 is 0 Å². The summed E-state index contributed by atoms with van der Waals surface area (Å²) in [4.78, 5) is 33.7. The van der Waals surface area contributed by atoms with Crippen molar-refractivity contribution in [2.45, 2.75) is 20.0 Å². The Morgan fingerprint density at radius 2 is 2.00 bits per heavy atom. The number of aromatic nitrogens is 5. The van der Waals surface area contributed by atoms with Crippen molar-refractivity contribution in [3.05, 3.63) is 82.4 Å². The lowest BCUT2D eigenvalue weighted by Gasteiger charge is -2.10. The first kappa shape index (κ1) is 21.2. The normalized spacial score (nSPS) is 10.9. The number of rotatable bonds is 8. The van der Waals surface area contributed by atoms with Crippen molar-refractivity contribution in [1.82, 2.24) is 29.6 Å². The van der Waals surface area contributed by atoms with E-state index in [4.69, 9.17) is 4.74 Å². The summed E-state index contributed by atoms with van der Waals surface area (Å²) in [5, 5.41) is 7.41. The van der Waals surface area contributed by atoms with Crippen molar-refractivity contribution in [2.75, 3.05) is 13.2 Å². The van der Waals surface area contributed by atoms with Crippen molar-refractivity contribution < 1.29 is 13.9 Å². The summed E-state index contributed by atoms with van der Waals surface area (Å²) in [5.74, 6) is -0.367. The summed E-state index contributed by atoms with van der Waals surface area (Å²) in [5.41, 5.74) is 1.32. The Morgan fingerprint density at radius 1 is 1.19 bits per heavy atom. The third-order valence-electron chi connectivity index (χ3n) is 4.79. The monoisotopic (exact) mass is 436 g/mol. The zero-order valence-electron chi connectivity index (χ0n) is 17.4. The summed E-state index contributed by atoms with van der Waals surface area (Å²) >= 11 is 0. The third kappa shape index (κ3) is 4.48.